The molecule has 0 saturated carbocycles. The Morgan fingerprint density at radius 1 is 1.55 bits per heavy atom. The normalized spacial score (nSPS) is 8.09. The topological polar surface area (TPSA) is 24.9 Å². The second kappa shape index (κ2) is 5.04. The molecule has 2 nitrogen and oxygen atoms in total. The van der Waals surface area contributed by atoms with Gasteiger partial charge in [0.05, 0.1) is 4.99 Å². The molecule has 0 aliphatic carbocycles. The lowest BCUT2D eigenvalue weighted by Crippen LogP contribution is -2.04. The van der Waals surface area contributed by atoms with Crippen LogP contribution in [0.2, 0.25) is 0 Å². The highest BCUT2D eigenvalue weighted by atomic mass is 35.5. The van der Waals surface area contributed by atoms with Gasteiger partial charge >= 0.3 is 0 Å². The van der Waals surface area contributed by atoms with E-state index in [1.807, 2.05) is 25.1 Å². The van der Waals surface area contributed by atoms with Crippen molar-refractivity contribution in [3.8, 4) is 0 Å². The fourth-order valence-electron chi connectivity index (χ4n) is 0.617. The van der Waals surface area contributed by atoms with E-state index < -0.39 is 0 Å². The quantitative estimate of drug-likeness (QED) is 0.685. The maximum Gasteiger partial charge on any atom is 0.130 e. The molecule has 0 aliphatic rings. The van der Waals surface area contributed by atoms with Crippen LogP contribution in [0.3, 0.4) is 0 Å². The lowest BCUT2D eigenvalue weighted by molar-refractivity contribution is 1.32. The van der Waals surface area contributed by atoms with E-state index >= 15 is 0 Å². The van der Waals surface area contributed by atoms with Gasteiger partial charge in [-0.25, -0.2) is 4.98 Å². The maximum atomic E-state index is 4.83. The molecule has 0 spiro atoms. The number of nitrogens with zero attached hydrogens (tertiary/aromatic N) is 1. The third-order valence-electron chi connectivity index (χ3n) is 0.969. The fourth-order valence-corrected chi connectivity index (χ4v) is 0.722. The zero-order chi connectivity index (χ0) is 7.40. The second-order valence-corrected chi connectivity index (χ2v) is 2.51. The van der Waals surface area contributed by atoms with E-state index in [1.165, 1.54) is 0 Å². The second-order valence-electron chi connectivity index (χ2n) is 1.90. The van der Waals surface area contributed by atoms with Crippen molar-refractivity contribution in [2.75, 3.05) is 5.32 Å². The highest BCUT2D eigenvalue weighted by Crippen LogP contribution is 1.98. The molecule has 0 bridgehead atoms. The summed E-state index contributed by atoms with van der Waals surface area (Å²) in [5.74, 6) is 0.801. The molecule has 0 aliphatic heterocycles. The van der Waals surface area contributed by atoms with Gasteiger partial charge < -0.3 is 5.32 Å². The van der Waals surface area contributed by atoms with Crippen molar-refractivity contribution in [3.05, 3.63) is 24.4 Å². The minimum Gasteiger partial charge on any atom is -0.335 e. The Morgan fingerprint density at radius 3 is 2.73 bits per heavy atom. The number of thiocarbonyl (C=S) groups is 1. The Hall–Kier alpha value is -0.670. The van der Waals surface area contributed by atoms with Gasteiger partial charge in [-0.05, 0) is 19.1 Å². The average molecular weight is 189 g/mol. The van der Waals surface area contributed by atoms with Crippen LogP contribution in [0.15, 0.2) is 24.4 Å². The Kier molecular flexibility index (Phi) is 4.74. The molecule has 1 rings (SSSR count). The molecule has 4 heteroatoms. The highest BCUT2D eigenvalue weighted by Gasteiger charge is 1.88. The molecule has 0 radical (unpaired) electrons. The van der Waals surface area contributed by atoms with Gasteiger partial charge in [0.1, 0.15) is 5.82 Å². The number of pyridine rings is 1. The number of rotatable bonds is 1. The van der Waals surface area contributed by atoms with Gasteiger partial charge in [-0.2, -0.15) is 0 Å². The number of aromatic nitrogens is 1. The zero-order valence-electron chi connectivity index (χ0n) is 6.07. The van der Waals surface area contributed by atoms with Crippen LogP contribution < -0.4 is 5.32 Å². The molecule has 0 atom stereocenters. The molecule has 1 aromatic heterocycles. The Bertz CT molecular complexity index is 225. The monoisotopic (exact) mass is 188 g/mol. The van der Waals surface area contributed by atoms with E-state index in [1.54, 1.807) is 6.20 Å². The first-order valence-corrected chi connectivity index (χ1v) is 3.38. The SMILES string of the molecule is CC(=S)Nc1ccccn1.Cl. The Morgan fingerprint density at radius 2 is 2.27 bits per heavy atom. The Balaban J connectivity index is 0.000001000. The molecule has 0 saturated heterocycles. The Labute approximate surface area is 77.4 Å². The summed E-state index contributed by atoms with van der Waals surface area (Å²) in [7, 11) is 0. The van der Waals surface area contributed by atoms with Crippen molar-refractivity contribution < 1.29 is 0 Å². The summed E-state index contributed by atoms with van der Waals surface area (Å²) in [6.45, 7) is 1.82. The minimum atomic E-state index is 0. The van der Waals surface area contributed by atoms with Gasteiger partial charge in [-0.15, -0.1) is 12.4 Å². The van der Waals surface area contributed by atoms with Crippen LogP contribution >= 0.6 is 24.6 Å². The first-order chi connectivity index (χ1) is 4.79. The molecule has 1 heterocycles. The molecule has 60 valence electrons. The average Bonchev–Trinajstić information content (AvgIpc) is 1.88. The molecule has 11 heavy (non-hydrogen) atoms. The third-order valence-corrected chi connectivity index (χ3v) is 1.07. The maximum absolute atomic E-state index is 4.83. The smallest absolute Gasteiger partial charge is 0.130 e. The van der Waals surface area contributed by atoms with E-state index in [-0.39, 0.29) is 12.4 Å². The van der Waals surface area contributed by atoms with Crippen molar-refractivity contribution in [2.45, 2.75) is 6.92 Å². The van der Waals surface area contributed by atoms with Gasteiger partial charge in [-0.1, -0.05) is 18.3 Å². The predicted molar refractivity (Wildman–Crippen MR) is 53.4 cm³/mol. The summed E-state index contributed by atoms with van der Waals surface area (Å²) in [6.07, 6.45) is 1.72. The minimum absolute atomic E-state index is 0. The van der Waals surface area contributed by atoms with Crippen LogP contribution in [0.1, 0.15) is 6.92 Å². The van der Waals surface area contributed by atoms with E-state index in [4.69, 9.17) is 12.2 Å². The van der Waals surface area contributed by atoms with Crippen molar-refractivity contribution in [2.24, 2.45) is 0 Å². The highest BCUT2D eigenvalue weighted by molar-refractivity contribution is 7.80. The first-order valence-electron chi connectivity index (χ1n) is 2.97. The van der Waals surface area contributed by atoms with Crippen molar-refractivity contribution in [1.29, 1.82) is 0 Å². The molecular weight excluding hydrogens is 180 g/mol. The van der Waals surface area contributed by atoms with Gasteiger partial charge in [0.2, 0.25) is 0 Å². The van der Waals surface area contributed by atoms with E-state index in [0.29, 0.717) is 0 Å². The van der Waals surface area contributed by atoms with Gasteiger partial charge in [-0.3, -0.25) is 0 Å². The summed E-state index contributed by atoms with van der Waals surface area (Å²) in [5, 5.41) is 2.93. The third kappa shape index (κ3) is 3.91. The summed E-state index contributed by atoms with van der Waals surface area (Å²) in [6, 6.07) is 5.65. The molecule has 0 amide bonds. The largest absolute Gasteiger partial charge is 0.335 e. The van der Waals surface area contributed by atoms with E-state index in [9.17, 15) is 0 Å². The number of anilines is 1. The lowest BCUT2D eigenvalue weighted by atomic mass is 10.4. The van der Waals surface area contributed by atoms with E-state index in [0.717, 1.165) is 10.8 Å². The molecule has 0 fully saturated rings. The molecule has 1 N–H and O–H groups in total. The van der Waals surface area contributed by atoms with Gasteiger partial charge in [0, 0.05) is 6.20 Å². The molecular formula is C7H9ClN2S. The van der Waals surface area contributed by atoms with Crippen molar-refractivity contribution in [3.63, 3.8) is 0 Å². The standard InChI is InChI=1S/C7H8N2S.ClH/c1-6(10)9-7-4-2-3-5-8-7;/h2-5H,1H3,(H,8,9,10);1H. The van der Waals surface area contributed by atoms with E-state index in [2.05, 4.69) is 10.3 Å². The molecule has 1 aromatic rings. The fraction of sp³-hybridized carbons (Fsp3) is 0.143. The van der Waals surface area contributed by atoms with Crippen molar-refractivity contribution >= 4 is 35.4 Å². The number of nitrogens with one attached hydrogen (secondary N) is 1. The van der Waals surface area contributed by atoms with Crippen LogP contribution in [0.25, 0.3) is 0 Å². The number of hydrogen-bond acceptors (Lipinski definition) is 2. The van der Waals surface area contributed by atoms with Gasteiger partial charge in [0.25, 0.3) is 0 Å². The van der Waals surface area contributed by atoms with Crippen LogP contribution in [0, 0.1) is 0 Å². The zero-order valence-corrected chi connectivity index (χ0v) is 7.71. The van der Waals surface area contributed by atoms with Crippen molar-refractivity contribution in [1.82, 2.24) is 4.98 Å². The number of hydrogen-bond donors (Lipinski definition) is 1. The summed E-state index contributed by atoms with van der Waals surface area (Å²) >= 11 is 4.83. The van der Waals surface area contributed by atoms with Crippen LogP contribution in [0.4, 0.5) is 5.82 Å². The molecule has 0 aromatic carbocycles. The lowest BCUT2D eigenvalue weighted by Gasteiger charge is -1.99. The van der Waals surface area contributed by atoms with Crippen LogP contribution in [0.5, 0.6) is 0 Å². The summed E-state index contributed by atoms with van der Waals surface area (Å²) in [4.78, 5) is 4.76. The first kappa shape index (κ1) is 10.3. The summed E-state index contributed by atoms with van der Waals surface area (Å²) < 4.78 is 0. The van der Waals surface area contributed by atoms with Gasteiger partial charge in [0.15, 0.2) is 0 Å². The predicted octanol–water partition coefficient (Wildman–Crippen LogP) is 2.26. The molecule has 0 unspecified atom stereocenters. The number of halogens is 1. The van der Waals surface area contributed by atoms with Crippen LogP contribution in [-0.4, -0.2) is 9.97 Å². The summed E-state index contributed by atoms with van der Waals surface area (Å²) in [5.41, 5.74) is 0. The van der Waals surface area contributed by atoms with Crippen LogP contribution in [-0.2, 0) is 0 Å².